The fourth-order valence-electron chi connectivity index (χ4n) is 3.17. The summed E-state index contributed by atoms with van der Waals surface area (Å²) < 4.78 is 63.6. The SMILES string of the molecule is O=C(Nc1ccc(N2C(=O)C3COCCN3C2=O)c(Cl)c1)c1ncc(F)cc1F.O=C(O)C(F)(F)F. The first-order chi connectivity index (χ1) is 16.8. The number of rotatable bonds is 3. The molecule has 0 aliphatic carbocycles. The van der Waals surface area contributed by atoms with Crippen molar-refractivity contribution in [3.63, 3.8) is 0 Å². The first kappa shape index (κ1) is 26.7. The fraction of sp³-hybridized carbons (Fsp3) is 0.250. The largest absolute Gasteiger partial charge is 0.490 e. The van der Waals surface area contributed by atoms with Crippen LogP contribution in [0.15, 0.2) is 30.5 Å². The minimum absolute atomic E-state index is 0.0257. The van der Waals surface area contributed by atoms with E-state index in [0.29, 0.717) is 19.2 Å². The molecule has 10 nitrogen and oxygen atoms in total. The predicted octanol–water partition coefficient (Wildman–Crippen LogP) is 3.07. The van der Waals surface area contributed by atoms with Gasteiger partial charge in [0.25, 0.3) is 11.8 Å². The summed E-state index contributed by atoms with van der Waals surface area (Å²) in [5.41, 5.74) is -0.261. The van der Waals surface area contributed by atoms with E-state index in [0.717, 1.165) is 11.1 Å². The number of benzene rings is 1. The van der Waals surface area contributed by atoms with E-state index >= 15 is 0 Å². The molecule has 2 aromatic rings. The molecule has 2 aliphatic rings. The lowest BCUT2D eigenvalue weighted by Crippen LogP contribution is -2.45. The Kier molecular flexibility index (Phi) is 7.74. The van der Waals surface area contributed by atoms with Crippen LogP contribution in [-0.2, 0) is 14.3 Å². The van der Waals surface area contributed by atoms with Gasteiger partial charge < -0.3 is 20.1 Å². The van der Waals surface area contributed by atoms with E-state index in [2.05, 4.69) is 10.3 Å². The number of fused-ring (bicyclic) bond motifs is 1. The number of morpholine rings is 1. The number of alkyl halides is 3. The molecular weight excluding hydrogens is 523 g/mol. The molecule has 2 saturated heterocycles. The van der Waals surface area contributed by atoms with Gasteiger partial charge in [-0.1, -0.05) is 11.6 Å². The molecule has 1 aromatic heterocycles. The van der Waals surface area contributed by atoms with Crippen LogP contribution in [0.2, 0.25) is 5.02 Å². The maximum atomic E-state index is 13.7. The third kappa shape index (κ3) is 5.68. The smallest absolute Gasteiger partial charge is 0.475 e. The molecular formula is C20H14ClF5N4O6. The molecule has 1 atom stereocenters. The lowest BCUT2D eigenvalue weighted by Gasteiger charge is -2.26. The molecule has 0 radical (unpaired) electrons. The number of amides is 4. The number of hydrogen-bond donors (Lipinski definition) is 2. The number of carbonyl (C=O) groups is 4. The second kappa shape index (κ2) is 10.4. The zero-order valence-corrected chi connectivity index (χ0v) is 18.4. The quantitative estimate of drug-likeness (QED) is 0.455. The van der Waals surface area contributed by atoms with Crippen molar-refractivity contribution in [1.29, 1.82) is 0 Å². The van der Waals surface area contributed by atoms with Crippen LogP contribution in [0.25, 0.3) is 0 Å². The van der Waals surface area contributed by atoms with Crippen LogP contribution in [0.5, 0.6) is 0 Å². The summed E-state index contributed by atoms with van der Waals surface area (Å²) in [6.07, 6.45) is -4.36. The van der Waals surface area contributed by atoms with Crippen LogP contribution in [0, 0.1) is 11.6 Å². The number of imide groups is 1. The Hall–Kier alpha value is -3.85. The van der Waals surface area contributed by atoms with Gasteiger partial charge in [0.1, 0.15) is 11.9 Å². The molecule has 4 rings (SSSR count). The van der Waals surface area contributed by atoms with Crippen molar-refractivity contribution in [3.8, 4) is 0 Å². The van der Waals surface area contributed by atoms with E-state index < -0.39 is 53.4 Å². The van der Waals surface area contributed by atoms with Crippen LogP contribution >= 0.6 is 11.6 Å². The van der Waals surface area contributed by atoms with Gasteiger partial charge in [-0.3, -0.25) is 9.59 Å². The summed E-state index contributed by atoms with van der Waals surface area (Å²) in [4.78, 5) is 52.0. The fourth-order valence-corrected chi connectivity index (χ4v) is 3.43. The summed E-state index contributed by atoms with van der Waals surface area (Å²) >= 11 is 6.23. The normalized spacial score (nSPS) is 17.3. The molecule has 2 N–H and O–H groups in total. The van der Waals surface area contributed by atoms with Gasteiger partial charge in [-0.25, -0.2) is 28.3 Å². The van der Waals surface area contributed by atoms with Gasteiger partial charge in [0, 0.05) is 18.3 Å². The molecule has 0 spiro atoms. The summed E-state index contributed by atoms with van der Waals surface area (Å²) in [6.45, 7) is 0.757. The highest BCUT2D eigenvalue weighted by molar-refractivity contribution is 6.36. The summed E-state index contributed by atoms with van der Waals surface area (Å²) in [5, 5.41) is 9.53. The van der Waals surface area contributed by atoms with Gasteiger partial charge in [0.2, 0.25) is 0 Å². The number of anilines is 2. The molecule has 0 bridgehead atoms. The topological polar surface area (TPSA) is 129 Å². The number of hydrogen-bond acceptors (Lipinski definition) is 6. The average Bonchev–Trinajstić information content (AvgIpc) is 3.04. The highest BCUT2D eigenvalue weighted by atomic mass is 35.5. The summed E-state index contributed by atoms with van der Waals surface area (Å²) in [5.74, 6) is -6.14. The molecule has 4 amide bonds. The number of nitrogens with one attached hydrogen (secondary N) is 1. The Labute approximate surface area is 203 Å². The van der Waals surface area contributed by atoms with Crippen molar-refractivity contribution in [1.82, 2.24) is 9.88 Å². The van der Waals surface area contributed by atoms with Gasteiger partial charge in [-0.2, -0.15) is 13.2 Å². The molecule has 0 saturated carbocycles. The minimum atomic E-state index is -5.08. The third-order valence-corrected chi connectivity index (χ3v) is 5.09. The number of carboxylic acid groups (broad SMARTS) is 1. The van der Waals surface area contributed by atoms with E-state index in [-0.39, 0.29) is 23.0 Å². The second-order valence-corrected chi connectivity index (χ2v) is 7.55. The number of aliphatic carboxylic acids is 1. The monoisotopic (exact) mass is 536 g/mol. The predicted molar refractivity (Wildman–Crippen MR) is 111 cm³/mol. The number of ether oxygens (including phenoxy) is 1. The number of urea groups is 1. The lowest BCUT2D eigenvalue weighted by molar-refractivity contribution is -0.192. The van der Waals surface area contributed by atoms with Gasteiger partial charge in [0.15, 0.2) is 11.5 Å². The van der Waals surface area contributed by atoms with Gasteiger partial charge >= 0.3 is 18.2 Å². The summed E-state index contributed by atoms with van der Waals surface area (Å²) in [7, 11) is 0. The zero-order valence-electron chi connectivity index (χ0n) is 17.7. The number of pyridine rings is 1. The van der Waals surface area contributed by atoms with E-state index in [9.17, 15) is 36.3 Å². The van der Waals surface area contributed by atoms with Gasteiger partial charge in [-0.15, -0.1) is 0 Å². The minimum Gasteiger partial charge on any atom is -0.475 e. The van der Waals surface area contributed by atoms with Crippen LogP contribution in [0.1, 0.15) is 10.5 Å². The number of nitrogens with zero attached hydrogens (tertiary/aromatic N) is 3. The zero-order chi connectivity index (χ0) is 26.8. The number of halogens is 6. The molecule has 192 valence electrons. The van der Waals surface area contributed by atoms with Crippen LogP contribution in [0.3, 0.4) is 0 Å². The molecule has 1 unspecified atom stereocenters. The molecule has 1 aromatic carbocycles. The molecule has 16 heteroatoms. The highest BCUT2D eigenvalue weighted by Crippen LogP contribution is 2.34. The first-order valence-corrected chi connectivity index (χ1v) is 10.1. The molecule has 2 aliphatic heterocycles. The van der Waals surface area contributed by atoms with Crippen molar-refractivity contribution in [3.05, 3.63) is 52.8 Å². The first-order valence-electron chi connectivity index (χ1n) is 9.75. The van der Waals surface area contributed by atoms with E-state index in [1.807, 2.05) is 0 Å². The lowest BCUT2D eigenvalue weighted by atomic mass is 10.2. The molecule has 3 heterocycles. The standard InChI is InChI=1S/C18H13ClF2N4O4.C2HF3O2/c19-11-6-10(23-16(26)15-12(21)5-9(20)7-22-15)1-2-13(11)25-17(27)14-8-29-4-3-24(14)18(25)28;3-2(4,5)1(6)7/h1-2,5-7,14H,3-4,8H2,(H,23,26);(H,6,7). The number of aromatic nitrogens is 1. The Balaban J connectivity index is 0.000000454. The van der Waals surface area contributed by atoms with Crippen LogP contribution in [0.4, 0.5) is 38.1 Å². The Bertz CT molecular complexity index is 1200. The highest BCUT2D eigenvalue weighted by Gasteiger charge is 2.47. The Morgan fingerprint density at radius 2 is 1.86 bits per heavy atom. The van der Waals surface area contributed by atoms with Crippen molar-refractivity contribution in [2.75, 3.05) is 30.0 Å². The maximum absolute atomic E-state index is 13.7. The van der Waals surface area contributed by atoms with Crippen LogP contribution < -0.4 is 10.2 Å². The van der Waals surface area contributed by atoms with Crippen molar-refractivity contribution in [2.24, 2.45) is 0 Å². The number of carbonyl (C=O) groups excluding carboxylic acids is 3. The maximum Gasteiger partial charge on any atom is 0.490 e. The van der Waals surface area contributed by atoms with Crippen LogP contribution in [-0.4, -0.2) is 70.8 Å². The van der Waals surface area contributed by atoms with Crippen molar-refractivity contribution in [2.45, 2.75) is 12.2 Å². The van der Waals surface area contributed by atoms with Crippen molar-refractivity contribution >= 4 is 46.8 Å². The Morgan fingerprint density at radius 1 is 1.19 bits per heavy atom. The van der Waals surface area contributed by atoms with Gasteiger partial charge in [0.05, 0.1) is 30.1 Å². The van der Waals surface area contributed by atoms with Crippen molar-refractivity contribution < 1.29 is 51.0 Å². The molecule has 36 heavy (non-hydrogen) atoms. The van der Waals surface area contributed by atoms with Gasteiger partial charge in [-0.05, 0) is 18.2 Å². The average molecular weight is 537 g/mol. The summed E-state index contributed by atoms with van der Waals surface area (Å²) in [6, 6.07) is 3.45. The van der Waals surface area contributed by atoms with E-state index in [1.165, 1.54) is 23.1 Å². The number of carboxylic acids is 1. The molecule has 2 fully saturated rings. The van der Waals surface area contributed by atoms with E-state index in [1.54, 1.807) is 0 Å². The third-order valence-electron chi connectivity index (χ3n) is 4.78. The van der Waals surface area contributed by atoms with E-state index in [4.69, 9.17) is 26.2 Å². The second-order valence-electron chi connectivity index (χ2n) is 7.15. The Morgan fingerprint density at radius 3 is 2.42 bits per heavy atom.